The lowest BCUT2D eigenvalue weighted by Crippen LogP contribution is -2.38. The summed E-state index contributed by atoms with van der Waals surface area (Å²) in [4.78, 5) is 12.6. The predicted molar refractivity (Wildman–Crippen MR) is 90.6 cm³/mol. The van der Waals surface area contributed by atoms with Crippen molar-refractivity contribution in [1.29, 1.82) is 0 Å². The van der Waals surface area contributed by atoms with Crippen LogP contribution in [0, 0.1) is 0 Å². The number of para-hydroxylation sites is 1. The van der Waals surface area contributed by atoms with Gasteiger partial charge in [-0.05, 0) is 44.4 Å². The molecule has 0 aliphatic carbocycles. The van der Waals surface area contributed by atoms with Gasteiger partial charge in [-0.1, -0.05) is 18.2 Å². The number of nitrogens with zero attached hydrogens (tertiary/aromatic N) is 1. The summed E-state index contributed by atoms with van der Waals surface area (Å²) >= 11 is 0. The Hall–Kier alpha value is -2.23. The molecule has 1 aromatic carbocycles. The van der Waals surface area contributed by atoms with Crippen LogP contribution in [0.1, 0.15) is 36.9 Å². The van der Waals surface area contributed by atoms with Gasteiger partial charge in [-0.3, -0.25) is 4.79 Å². The fraction of sp³-hybridized carbons (Fsp3) is 0.421. The average molecular weight is 312 g/mol. The highest BCUT2D eigenvalue weighted by atomic mass is 16.5. The molecule has 0 unspecified atom stereocenters. The smallest absolute Gasteiger partial charge is 0.228 e. The number of amides is 1. The molecule has 0 saturated heterocycles. The van der Waals surface area contributed by atoms with Crippen molar-refractivity contribution < 1.29 is 9.53 Å². The van der Waals surface area contributed by atoms with Crippen LogP contribution in [-0.2, 0) is 18.3 Å². The number of carbonyl (C=O) groups is 1. The fourth-order valence-corrected chi connectivity index (χ4v) is 3.15. The molecule has 1 amide bonds. The van der Waals surface area contributed by atoms with Crippen LogP contribution in [0.3, 0.4) is 0 Å². The van der Waals surface area contributed by atoms with Crippen LogP contribution in [0.4, 0.5) is 0 Å². The van der Waals surface area contributed by atoms with Gasteiger partial charge in [0.1, 0.15) is 5.75 Å². The number of fused-ring (bicyclic) bond motifs is 1. The highest BCUT2D eigenvalue weighted by Gasteiger charge is 2.27. The molecule has 1 aromatic heterocycles. The molecule has 2 heterocycles. The van der Waals surface area contributed by atoms with Crippen LogP contribution in [-0.4, -0.2) is 23.1 Å². The average Bonchev–Trinajstić information content (AvgIpc) is 2.97. The second-order valence-corrected chi connectivity index (χ2v) is 6.29. The van der Waals surface area contributed by atoms with Crippen molar-refractivity contribution in [2.24, 2.45) is 7.05 Å². The monoisotopic (exact) mass is 312 g/mol. The molecule has 2 atom stereocenters. The summed E-state index contributed by atoms with van der Waals surface area (Å²) in [7, 11) is 2.05. The van der Waals surface area contributed by atoms with E-state index in [4.69, 9.17) is 4.74 Å². The summed E-state index contributed by atoms with van der Waals surface area (Å²) in [6, 6.07) is 12.2. The molecule has 0 radical (unpaired) electrons. The fourth-order valence-electron chi connectivity index (χ4n) is 3.15. The topological polar surface area (TPSA) is 43.3 Å². The van der Waals surface area contributed by atoms with Gasteiger partial charge in [0.2, 0.25) is 5.91 Å². The maximum Gasteiger partial charge on any atom is 0.228 e. The Morgan fingerprint density at radius 3 is 2.96 bits per heavy atom. The van der Waals surface area contributed by atoms with Gasteiger partial charge >= 0.3 is 0 Å². The third-order valence-corrected chi connectivity index (χ3v) is 4.55. The zero-order valence-corrected chi connectivity index (χ0v) is 13.8. The van der Waals surface area contributed by atoms with E-state index < -0.39 is 0 Å². The van der Waals surface area contributed by atoms with Crippen LogP contribution < -0.4 is 10.1 Å². The summed E-state index contributed by atoms with van der Waals surface area (Å²) in [5.41, 5.74) is 2.30. The predicted octanol–water partition coefficient (Wildman–Crippen LogP) is 3.03. The molecule has 3 rings (SSSR count). The number of ether oxygens (including phenoxy) is 1. The summed E-state index contributed by atoms with van der Waals surface area (Å²) in [5, 5.41) is 3.17. The molecule has 1 N–H and O–H groups in total. The van der Waals surface area contributed by atoms with Crippen molar-refractivity contribution in [2.75, 3.05) is 6.61 Å². The summed E-state index contributed by atoms with van der Waals surface area (Å²) in [6.45, 7) is 2.68. The lowest BCUT2D eigenvalue weighted by Gasteiger charge is -2.26. The normalized spacial score (nSPS) is 17.9. The van der Waals surface area contributed by atoms with Gasteiger partial charge in [-0.2, -0.15) is 0 Å². The van der Waals surface area contributed by atoms with Crippen molar-refractivity contribution in [1.82, 2.24) is 9.88 Å². The molecule has 1 aliphatic heterocycles. The van der Waals surface area contributed by atoms with E-state index in [0.29, 0.717) is 6.61 Å². The minimum atomic E-state index is -0.0996. The van der Waals surface area contributed by atoms with Crippen LogP contribution >= 0.6 is 0 Å². The number of carbonyl (C=O) groups excluding carboxylic acids is 1. The van der Waals surface area contributed by atoms with Crippen molar-refractivity contribution in [2.45, 2.75) is 38.1 Å². The first-order valence-electron chi connectivity index (χ1n) is 8.27. The van der Waals surface area contributed by atoms with E-state index in [1.54, 1.807) is 0 Å². The minimum absolute atomic E-state index is 0.0996. The molecular formula is C19H24N2O2. The molecule has 4 nitrogen and oxygen atoms in total. The Balaban J connectivity index is 1.58. The molecule has 122 valence electrons. The Morgan fingerprint density at radius 1 is 1.35 bits per heavy atom. The number of aromatic nitrogens is 1. The van der Waals surface area contributed by atoms with Crippen LogP contribution in [0.2, 0.25) is 0 Å². The van der Waals surface area contributed by atoms with Crippen molar-refractivity contribution in [3.8, 4) is 5.75 Å². The number of hydrogen-bond donors (Lipinski definition) is 1. The Bertz CT molecular complexity index is 678. The maximum absolute atomic E-state index is 12.6. The first-order chi connectivity index (χ1) is 11.1. The number of nitrogens with one attached hydrogen (secondary N) is 1. The lowest BCUT2D eigenvalue weighted by molar-refractivity contribution is -0.123. The van der Waals surface area contributed by atoms with E-state index in [0.717, 1.165) is 30.6 Å². The van der Waals surface area contributed by atoms with E-state index in [1.165, 1.54) is 5.69 Å². The molecule has 4 heteroatoms. The van der Waals surface area contributed by atoms with Gasteiger partial charge in [-0.15, -0.1) is 0 Å². The third kappa shape index (κ3) is 3.58. The second-order valence-electron chi connectivity index (χ2n) is 6.29. The van der Waals surface area contributed by atoms with E-state index in [2.05, 4.69) is 42.2 Å². The first-order valence-corrected chi connectivity index (χ1v) is 8.27. The molecule has 0 fully saturated rings. The lowest BCUT2D eigenvalue weighted by atomic mass is 9.92. The molecule has 0 bridgehead atoms. The van der Waals surface area contributed by atoms with Gasteiger partial charge in [0.25, 0.3) is 0 Å². The van der Waals surface area contributed by atoms with Crippen molar-refractivity contribution in [3.63, 3.8) is 0 Å². The standard InChI is InChI=1S/C19H24N2O2/c1-14(9-10-15-6-5-12-21(15)2)20-19(22)17-11-13-23-18-8-4-3-7-16(17)18/h3-8,12,14,17H,9-11,13H2,1-2H3,(H,20,22)/t14-,17+/m0/s1. The number of rotatable bonds is 5. The van der Waals surface area contributed by atoms with Gasteiger partial charge in [0.05, 0.1) is 12.5 Å². The number of hydrogen-bond acceptors (Lipinski definition) is 2. The van der Waals surface area contributed by atoms with Crippen molar-refractivity contribution >= 4 is 5.91 Å². The van der Waals surface area contributed by atoms with E-state index >= 15 is 0 Å². The maximum atomic E-state index is 12.6. The highest BCUT2D eigenvalue weighted by Crippen LogP contribution is 2.33. The highest BCUT2D eigenvalue weighted by molar-refractivity contribution is 5.85. The molecular weight excluding hydrogens is 288 g/mol. The number of benzene rings is 1. The van der Waals surface area contributed by atoms with Crippen molar-refractivity contribution in [3.05, 3.63) is 53.9 Å². The van der Waals surface area contributed by atoms with E-state index in [9.17, 15) is 4.79 Å². The van der Waals surface area contributed by atoms with Crippen LogP contribution in [0.5, 0.6) is 5.75 Å². The summed E-state index contributed by atoms with van der Waals surface area (Å²) < 4.78 is 7.76. The zero-order valence-electron chi connectivity index (χ0n) is 13.8. The van der Waals surface area contributed by atoms with Gasteiger partial charge in [-0.25, -0.2) is 0 Å². The van der Waals surface area contributed by atoms with Gasteiger partial charge in [0.15, 0.2) is 0 Å². The Labute approximate surface area is 137 Å². The number of aryl methyl sites for hydroxylation is 2. The second kappa shape index (κ2) is 6.90. The largest absolute Gasteiger partial charge is 0.493 e. The van der Waals surface area contributed by atoms with Gasteiger partial charge < -0.3 is 14.6 Å². The Kier molecular flexibility index (Phi) is 4.70. The summed E-state index contributed by atoms with van der Waals surface area (Å²) in [5.74, 6) is 0.855. The van der Waals surface area contributed by atoms with Crippen LogP contribution in [0.15, 0.2) is 42.6 Å². The quantitative estimate of drug-likeness (QED) is 0.922. The minimum Gasteiger partial charge on any atom is -0.493 e. The molecule has 23 heavy (non-hydrogen) atoms. The summed E-state index contributed by atoms with van der Waals surface area (Å²) in [6.07, 6.45) is 4.70. The van der Waals surface area contributed by atoms with E-state index in [-0.39, 0.29) is 17.9 Å². The molecule has 2 aromatic rings. The Morgan fingerprint density at radius 2 is 2.17 bits per heavy atom. The van der Waals surface area contributed by atoms with Gasteiger partial charge in [0, 0.05) is 30.5 Å². The molecule has 1 aliphatic rings. The third-order valence-electron chi connectivity index (χ3n) is 4.55. The SMILES string of the molecule is C[C@@H](CCc1cccn1C)NC(=O)[C@@H]1CCOc2ccccc21. The van der Waals surface area contributed by atoms with E-state index in [1.807, 2.05) is 24.3 Å². The molecule has 0 spiro atoms. The zero-order chi connectivity index (χ0) is 16.2. The molecule has 0 saturated carbocycles. The first kappa shape index (κ1) is 15.7. The van der Waals surface area contributed by atoms with Crippen LogP contribution in [0.25, 0.3) is 0 Å².